The van der Waals surface area contributed by atoms with Crippen LogP contribution in [0.2, 0.25) is 0 Å². The molecule has 2 fully saturated rings. The maximum absolute atomic E-state index is 13.3. The van der Waals surface area contributed by atoms with Crippen molar-refractivity contribution < 1.29 is 9.13 Å². The molecule has 0 radical (unpaired) electrons. The van der Waals surface area contributed by atoms with Crippen molar-refractivity contribution in [1.82, 2.24) is 0 Å². The molecule has 1 nitrogen and oxygen atoms in total. The van der Waals surface area contributed by atoms with Crippen molar-refractivity contribution in [2.24, 2.45) is 17.8 Å². The molecule has 0 amide bonds. The van der Waals surface area contributed by atoms with E-state index in [4.69, 9.17) is 4.74 Å². The molecular formula is C14H16BrFO. The van der Waals surface area contributed by atoms with Gasteiger partial charge in [0.05, 0.1) is 7.11 Å². The van der Waals surface area contributed by atoms with E-state index >= 15 is 0 Å². The minimum absolute atomic E-state index is 0.187. The molecule has 1 aromatic rings. The van der Waals surface area contributed by atoms with Gasteiger partial charge in [-0.2, -0.15) is 0 Å². The largest absolute Gasteiger partial charge is 0.496 e. The highest BCUT2D eigenvalue weighted by Gasteiger charge is 2.47. The topological polar surface area (TPSA) is 9.23 Å². The summed E-state index contributed by atoms with van der Waals surface area (Å²) in [5.74, 6) is 3.12. The number of ether oxygens (including phenoxy) is 1. The van der Waals surface area contributed by atoms with Gasteiger partial charge in [0.1, 0.15) is 11.6 Å². The van der Waals surface area contributed by atoms with Gasteiger partial charge in [0.25, 0.3) is 0 Å². The van der Waals surface area contributed by atoms with Crippen molar-refractivity contribution in [3.63, 3.8) is 0 Å². The van der Waals surface area contributed by atoms with E-state index in [0.717, 1.165) is 23.1 Å². The first kappa shape index (κ1) is 11.5. The van der Waals surface area contributed by atoms with Crippen LogP contribution in [0.25, 0.3) is 0 Å². The van der Waals surface area contributed by atoms with E-state index in [1.54, 1.807) is 19.2 Å². The lowest BCUT2D eigenvalue weighted by Crippen LogP contribution is -2.07. The summed E-state index contributed by atoms with van der Waals surface area (Å²) in [7, 11) is 1.64. The molecule has 2 saturated carbocycles. The van der Waals surface area contributed by atoms with Crippen molar-refractivity contribution in [1.29, 1.82) is 0 Å². The fourth-order valence-corrected chi connectivity index (χ4v) is 3.96. The number of methoxy groups -OCH3 is 1. The first-order chi connectivity index (χ1) is 8.19. The van der Waals surface area contributed by atoms with E-state index in [9.17, 15) is 4.39 Å². The predicted molar refractivity (Wildman–Crippen MR) is 68.9 cm³/mol. The Morgan fingerprint density at radius 1 is 1.29 bits per heavy atom. The van der Waals surface area contributed by atoms with E-state index in [1.807, 2.05) is 0 Å². The number of alkyl halides is 1. The number of halogens is 2. The standard InChI is InChI=1S/C14H16BrFO/c1-17-13-3-2-11(16)7-12(13)14(15)10-5-8-4-9(8)6-10/h2-3,7-10,14H,4-6H2,1H3. The van der Waals surface area contributed by atoms with Gasteiger partial charge in [-0.3, -0.25) is 0 Å². The molecule has 3 unspecified atom stereocenters. The van der Waals surface area contributed by atoms with Crippen molar-refractivity contribution >= 4 is 15.9 Å². The highest BCUT2D eigenvalue weighted by atomic mass is 79.9. The lowest BCUT2D eigenvalue weighted by Gasteiger charge is -2.21. The third-order valence-electron chi connectivity index (χ3n) is 4.18. The minimum atomic E-state index is -0.187. The lowest BCUT2D eigenvalue weighted by molar-refractivity contribution is 0.398. The minimum Gasteiger partial charge on any atom is -0.496 e. The average molecular weight is 299 g/mol. The van der Waals surface area contributed by atoms with Gasteiger partial charge < -0.3 is 4.74 Å². The van der Waals surface area contributed by atoms with Crippen LogP contribution in [0.5, 0.6) is 5.75 Å². The highest BCUT2D eigenvalue weighted by Crippen LogP contribution is 2.59. The molecule has 17 heavy (non-hydrogen) atoms. The molecule has 3 heteroatoms. The fraction of sp³-hybridized carbons (Fsp3) is 0.571. The Morgan fingerprint density at radius 3 is 2.65 bits per heavy atom. The Bertz CT molecular complexity index is 424. The molecule has 0 aromatic heterocycles. The van der Waals surface area contributed by atoms with Gasteiger partial charge in [0.15, 0.2) is 0 Å². The molecule has 0 N–H and O–H groups in total. The molecule has 0 spiro atoms. The maximum Gasteiger partial charge on any atom is 0.123 e. The third kappa shape index (κ3) is 2.10. The van der Waals surface area contributed by atoms with Crippen LogP contribution in [-0.4, -0.2) is 7.11 Å². The smallest absolute Gasteiger partial charge is 0.123 e. The summed E-state index contributed by atoms with van der Waals surface area (Å²) < 4.78 is 18.7. The van der Waals surface area contributed by atoms with Crippen molar-refractivity contribution in [3.05, 3.63) is 29.6 Å². The monoisotopic (exact) mass is 298 g/mol. The first-order valence-electron chi connectivity index (χ1n) is 6.16. The van der Waals surface area contributed by atoms with E-state index in [-0.39, 0.29) is 10.6 Å². The van der Waals surface area contributed by atoms with Gasteiger partial charge in [-0.25, -0.2) is 4.39 Å². The quantitative estimate of drug-likeness (QED) is 0.755. The Morgan fingerprint density at radius 2 is 2.00 bits per heavy atom. The van der Waals surface area contributed by atoms with Gasteiger partial charge in [-0.15, -0.1) is 0 Å². The summed E-state index contributed by atoms with van der Waals surface area (Å²) >= 11 is 3.74. The molecule has 3 rings (SSSR count). The Kier molecular flexibility index (Phi) is 2.89. The molecule has 0 aliphatic heterocycles. The van der Waals surface area contributed by atoms with E-state index in [1.165, 1.54) is 25.3 Å². The van der Waals surface area contributed by atoms with Crippen LogP contribution in [0.3, 0.4) is 0 Å². The molecular weight excluding hydrogens is 283 g/mol. The van der Waals surface area contributed by atoms with Gasteiger partial charge >= 0.3 is 0 Å². The molecule has 2 aliphatic rings. The van der Waals surface area contributed by atoms with Crippen molar-refractivity contribution in [2.75, 3.05) is 7.11 Å². The molecule has 0 bridgehead atoms. The van der Waals surface area contributed by atoms with Crippen molar-refractivity contribution in [2.45, 2.75) is 24.1 Å². The second kappa shape index (κ2) is 4.27. The highest BCUT2D eigenvalue weighted by molar-refractivity contribution is 9.09. The zero-order valence-electron chi connectivity index (χ0n) is 9.83. The summed E-state index contributed by atoms with van der Waals surface area (Å²) in [5.41, 5.74) is 0.957. The van der Waals surface area contributed by atoms with E-state index < -0.39 is 0 Å². The van der Waals surface area contributed by atoms with Crippen LogP contribution in [0, 0.1) is 23.6 Å². The van der Waals surface area contributed by atoms with Gasteiger partial charge in [-0.1, -0.05) is 15.9 Å². The van der Waals surface area contributed by atoms with Crippen LogP contribution < -0.4 is 4.74 Å². The number of fused-ring (bicyclic) bond motifs is 1. The SMILES string of the molecule is COc1ccc(F)cc1C(Br)C1CC2CC2C1. The summed E-state index contributed by atoms with van der Waals surface area (Å²) in [5, 5.41) is 0. The first-order valence-corrected chi connectivity index (χ1v) is 7.08. The summed E-state index contributed by atoms with van der Waals surface area (Å²) in [6.45, 7) is 0. The van der Waals surface area contributed by atoms with E-state index in [0.29, 0.717) is 5.92 Å². The molecule has 0 saturated heterocycles. The molecule has 92 valence electrons. The summed E-state index contributed by atoms with van der Waals surface area (Å²) in [6.07, 6.45) is 3.97. The molecule has 1 aromatic carbocycles. The summed E-state index contributed by atoms with van der Waals surface area (Å²) in [4.78, 5) is 0.223. The Hall–Kier alpha value is -0.570. The number of rotatable bonds is 3. The van der Waals surface area contributed by atoms with Crippen LogP contribution >= 0.6 is 15.9 Å². The van der Waals surface area contributed by atoms with Crippen LogP contribution in [0.4, 0.5) is 4.39 Å². The predicted octanol–water partition coefficient (Wildman–Crippen LogP) is 4.32. The molecule has 0 heterocycles. The normalized spacial score (nSPS) is 32.1. The maximum atomic E-state index is 13.3. The number of benzene rings is 1. The van der Waals surface area contributed by atoms with Crippen LogP contribution in [0.1, 0.15) is 29.7 Å². The zero-order chi connectivity index (χ0) is 12.0. The van der Waals surface area contributed by atoms with Gasteiger partial charge in [-0.05, 0) is 55.2 Å². The lowest BCUT2D eigenvalue weighted by atomic mass is 9.94. The number of hydrogen-bond donors (Lipinski definition) is 0. The van der Waals surface area contributed by atoms with E-state index in [2.05, 4.69) is 15.9 Å². The zero-order valence-corrected chi connectivity index (χ0v) is 11.4. The Labute approximate surface area is 109 Å². The number of hydrogen-bond acceptors (Lipinski definition) is 1. The molecule has 2 aliphatic carbocycles. The average Bonchev–Trinajstić information content (AvgIpc) is 2.95. The van der Waals surface area contributed by atoms with Crippen molar-refractivity contribution in [3.8, 4) is 5.75 Å². The second-order valence-electron chi connectivity index (χ2n) is 5.28. The van der Waals surface area contributed by atoms with Gasteiger partial charge in [0, 0.05) is 10.4 Å². The Balaban J connectivity index is 1.84. The van der Waals surface area contributed by atoms with Crippen LogP contribution in [-0.2, 0) is 0 Å². The van der Waals surface area contributed by atoms with Crippen LogP contribution in [0.15, 0.2) is 18.2 Å². The summed E-state index contributed by atoms with van der Waals surface area (Å²) in [6, 6.07) is 4.77. The molecule has 3 atom stereocenters. The van der Waals surface area contributed by atoms with Gasteiger partial charge in [0.2, 0.25) is 0 Å². The fourth-order valence-electron chi connectivity index (χ4n) is 3.18. The second-order valence-corrected chi connectivity index (χ2v) is 6.26. The third-order valence-corrected chi connectivity index (χ3v) is 5.42.